The fourth-order valence-electron chi connectivity index (χ4n) is 1.58. The molecule has 0 aliphatic carbocycles. The predicted octanol–water partition coefficient (Wildman–Crippen LogP) is 0.853. The maximum atomic E-state index is 13.7. The number of hydrogen-bond donors (Lipinski definition) is 3. The van der Waals surface area contributed by atoms with Crippen LogP contribution in [0.2, 0.25) is 0 Å². The Kier molecular flexibility index (Phi) is 2.78. The molecule has 0 fully saturated rings. The Labute approximate surface area is 96.6 Å². The number of halogens is 1. The zero-order valence-electron chi connectivity index (χ0n) is 8.90. The second-order valence-electron chi connectivity index (χ2n) is 3.54. The summed E-state index contributed by atoms with van der Waals surface area (Å²) >= 11 is 0. The molecule has 0 aliphatic heterocycles. The molecule has 0 unspecified atom stereocenters. The maximum Gasteiger partial charge on any atom is 0.236 e. The average molecular weight is 234 g/mol. The number of carbonyl (C=O) groups excluding carboxylic acids is 1. The van der Waals surface area contributed by atoms with E-state index in [1.807, 2.05) is 0 Å². The van der Waals surface area contributed by atoms with Gasteiger partial charge in [0.05, 0.1) is 17.7 Å². The maximum absolute atomic E-state index is 13.7. The highest BCUT2D eigenvalue weighted by Crippen LogP contribution is 2.29. The Morgan fingerprint density at radius 3 is 3.00 bits per heavy atom. The molecule has 0 bridgehead atoms. The molecule has 1 aromatic carbocycles. The molecule has 0 aliphatic rings. The first-order valence-corrected chi connectivity index (χ1v) is 4.94. The van der Waals surface area contributed by atoms with E-state index >= 15 is 0 Å². The Morgan fingerprint density at radius 1 is 1.53 bits per heavy atom. The van der Waals surface area contributed by atoms with Crippen LogP contribution in [0.15, 0.2) is 24.4 Å². The lowest BCUT2D eigenvalue weighted by Crippen LogP contribution is -2.22. The summed E-state index contributed by atoms with van der Waals surface area (Å²) in [5, 5.41) is 3.24. The van der Waals surface area contributed by atoms with Crippen LogP contribution in [0.3, 0.4) is 0 Å². The van der Waals surface area contributed by atoms with Crippen LogP contribution in [0.4, 0.5) is 15.8 Å². The summed E-state index contributed by atoms with van der Waals surface area (Å²) in [4.78, 5) is 14.7. The number of nitrogens with zero attached hydrogens (tertiary/aromatic N) is 1. The van der Waals surface area contributed by atoms with Gasteiger partial charge in [0.2, 0.25) is 5.91 Å². The van der Waals surface area contributed by atoms with E-state index in [0.29, 0.717) is 16.6 Å². The molecule has 5 nitrogen and oxygen atoms in total. The fraction of sp³-hybridized carbons (Fsp3) is 0.0909. The van der Waals surface area contributed by atoms with E-state index in [9.17, 15) is 9.18 Å². The monoisotopic (exact) mass is 234 g/mol. The molecule has 0 spiro atoms. The van der Waals surface area contributed by atoms with Crippen LogP contribution in [0.1, 0.15) is 0 Å². The number of hydrogen-bond acceptors (Lipinski definition) is 4. The third kappa shape index (κ3) is 2.10. The van der Waals surface area contributed by atoms with Gasteiger partial charge in [0, 0.05) is 17.3 Å². The van der Waals surface area contributed by atoms with E-state index in [1.54, 1.807) is 12.1 Å². The molecule has 1 amide bonds. The van der Waals surface area contributed by atoms with Gasteiger partial charge in [-0.25, -0.2) is 4.39 Å². The smallest absolute Gasteiger partial charge is 0.236 e. The van der Waals surface area contributed by atoms with Gasteiger partial charge < -0.3 is 16.8 Å². The second-order valence-corrected chi connectivity index (χ2v) is 3.54. The van der Waals surface area contributed by atoms with Crippen molar-refractivity contribution in [1.29, 1.82) is 0 Å². The molecule has 0 saturated carbocycles. The van der Waals surface area contributed by atoms with Crippen molar-refractivity contribution in [2.75, 3.05) is 17.6 Å². The van der Waals surface area contributed by atoms with Gasteiger partial charge in [0.1, 0.15) is 0 Å². The number of fused-ring (bicyclic) bond motifs is 1. The predicted molar refractivity (Wildman–Crippen MR) is 63.8 cm³/mol. The molecule has 2 rings (SSSR count). The lowest BCUT2D eigenvalue weighted by molar-refractivity contribution is -0.116. The lowest BCUT2D eigenvalue weighted by Gasteiger charge is -2.10. The Hall–Kier alpha value is -2.37. The van der Waals surface area contributed by atoms with Crippen molar-refractivity contribution in [3.8, 4) is 0 Å². The summed E-state index contributed by atoms with van der Waals surface area (Å²) in [5.41, 5.74) is 11.5. The molecule has 0 saturated heterocycles. The first kappa shape index (κ1) is 11.1. The number of nitrogen functional groups attached to an aromatic ring is 1. The zero-order chi connectivity index (χ0) is 12.4. The van der Waals surface area contributed by atoms with E-state index in [0.717, 1.165) is 0 Å². The lowest BCUT2D eigenvalue weighted by atomic mass is 10.1. The number of primary amides is 1. The summed E-state index contributed by atoms with van der Waals surface area (Å²) in [5.74, 6) is -1.14. The van der Waals surface area contributed by atoms with Gasteiger partial charge in [-0.05, 0) is 18.2 Å². The number of anilines is 2. The SMILES string of the molecule is NC(=O)CNc1c(F)cc(N)c2cccnc12. The van der Waals surface area contributed by atoms with Crippen LogP contribution >= 0.6 is 0 Å². The van der Waals surface area contributed by atoms with Crippen molar-refractivity contribution >= 4 is 28.2 Å². The molecule has 2 aromatic rings. The normalized spacial score (nSPS) is 10.4. The number of aromatic nitrogens is 1. The number of carbonyl (C=O) groups is 1. The number of nitrogens with two attached hydrogens (primary N) is 2. The van der Waals surface area contributed by atoms with Crippen LogP contribution in [0.5, 0.6) is 0 Å². The van der Waals surface area contributed by atoms with Crippen molar-refractivity contribution in [2.24, 2.45) is 5.73 Å². The fourth-order valence-corrected chi connectivity index (χ4v) is 1.58. The van der Waals surface area contributed by atoms with Crippen molar-refractivity contribution in [3.05, 3.63) is 30.2 Å². The van der Waals surface area contributed by atoms with Gasteiger partial charge >= 0.3 is 0 Å². The molecule has 0 atom stereocenters. The molecular formula is C11H11FN4O. The number of amides is 1. The van der Waals surface area contributed by atoms with E-state index in [2.05, 4.69) is 10.3 Å². The molecule has 17 heavy (non-hydrogen) atoms. The van der Waals surface area contributed by atoms with Gasteiger partial charge in [-0.15, -0.1) is 0 Å². The molecule has 6 heteroatoms. The molecule has 0 radical (unpaired) electrons. The average Bonchev–Trinajstić information content (AvgIpc) is 2.28. The molecule has 5 N–H and O–H groups in total. The van der Waals surface area contributed by atoms with Gasteiger partial charge in [-0.1, -0.05) is 0 Å². The highest BCUT2D eigenvalue weighted by Gasteiger charge is 2.11. The summed E-state index contributed by atoms with van der Waals surface area (Å²) in [7, 11) is 0. The largest absolute Gasteiger partial charge is 0.398 e. The van der Waals surface area contributed by atoms with Crippen LogP contribution in [-0.4, -0.2) is 17.4 Å². The Morgan fingerprint density at radius 2 is 2.29 bits per heavy atom. The second kappa shape index (κ2) is 4.25. The van der Waals surface area contributed by atoms with E-state index in [-0.39, 0.29) is 12.2 Å². The zero-order valence-corrected chi connectivity index (χ0v) is 8.90. The van der Waals surface area contributed by atoms with Crippen LogP contribution < -0.4 is 16.8 Å². The highest BCUT2D eigenvalue weighted by molar-refractivity contribution is 5.99. The van der Waals surface area contributed by atoms with Crippen molar-refractivity contribution in [2.45, 2.75) is 0 Å². The minimum absolute atomic E-state index is 0.133. The first-order chi connectivity index (χ1) is 8.09. The minimum atomic E-state index is -0.578. The number of rotatable bonds is 3. The third-order valence-electron chi connectivity index (χ3n) is 2.32. The van der Waals surface area contributed by atoms with Gasteiger partial charge in [0.25, 0.3) is 0 Å². The summed E-state index contributed by atoms with van der Waals surface area (Å²) in [6.07, 6.45) is 1.52. The standard InChI is InChI=1S/C11H11FN4O/c12-7-4-8(13)6-2-1-3-15-10(6)11(7)16-5-9(14)17/h1-4,16H,5,13H2,(H2,14,17). The van der Waals surface area contributed by atoms with E-state index in [1.165, 1.54) is 12.3 Å². The summed E-state index contributed by atoms with van der Waals surface area (Å²) in [6.45, 7) is -0.160. The molecule has 1 aromatic heterocycles. The molecular weight excluding hydrogens is 223 g/mol. The molecule has 88 valence electrons. The van der Waals surface area contributed by atoms with Crippen molar-refractivity contribution in [3.63, 3.8) is 0 Å². The quantitative estimate of drug-likeness (QED) is 0.686. The van der Waals surface area contributed by atoms with Gasteiger partial charge in [-0.2, -0.15) is 0 Å². The highest BCUT2D eigenvalue weighted by atomic mass is 19.1. The van der Waals surface area contributed by atoms with Crippen LogP contribution in [0.25, 0.3) is 10.9 Å². The minimum Gasteiger partial charge on any atom is -0.398 e. The van der Waals surface area contributed by atoms with Crippen LogP contribution in [-0.2, 0) is 4.79 Å². The van der Waals surface area contributed by atoms with Crippen molar-refractivity contribution in [1.82, 2.24) is 4.98 Å². The number of pyridine rings is 1. The Balaban J connectivity index is 2.57. The molecule has 1 heterocycles. The van der Waals surface area contributed by atoms with E-state index in [4.69, 9.17) is 11.5 Å². The van der Waals surface area contributed by atoms with E-state index < -0.39 is 11.7 Å². The van der Waals surface area contributed by atoms with Crippen molar-refractivity contribution < 1.29 is 9.18 Å². The third-order valence-corrected chi connectivity index (χ3v) is 2.32. The topological polar surface area (TPSA) is 94.0 Å². The number of benzene rings is 1. The first-order valence-electron chi connectivity index (χ1n) is 4.94. The van der Waals surface area contributed by atoms with Gasteiger partial charge in [-0.3, -0.25) is 9.78 Å². The number of nitrogens with one attached hydrogen (secondary N) is 1. The Bertz CT molecular complexity index is 585. The van der Waals surface area contributed by atoms with Gasteiger partial charge in [0.15, 0.2) is 5.82 Å². The summed E-state index contributed by atoms with van der Waals surface area (Å²) < 4.78 is 13.7. The summed E-state index contributed by atoms with van der Waals surface area (Å²) in [6, 6.07) is 4.62. The van der Waals surface area contributed by atoms with Crippen LogP contribution in [0, 0.1) is 5.82 Å².